The summed E-state index contributed by atoms with van der Waals surface area (Å²) in [5.74, 6) is -2.09. The smallest absolute Gasteiger partial charge is 0.408 e. The van der Waals surface area contributed by atoms with Gasteiger partial charge in [-0.15, -0.1) is 0 Å². The van der Waals surface area contributed by atoms with Crippen LogP contribution in [0.2, 0.25) is 0 Å². The average Bonchev–Trinajstić information content (AvgIpc) is 2.85. The molecule has 0 spiro atoms. The Hall–Kier alpha value is -3.63. The summed E-state index contributed by atoms with van der Waals surface area (Å²) in [7, 11) is 0. The molecule has 0 saturated heterocycles. The van der Waals surface area contributed by atoms with E-state index in [1.54, 1.807) is 33.8 Å². The molecule has 41 heavy (non-hydrogen) atoms. The Morgan fingerprint density at radius 2 is 1.71 bits per heavy atom. The predicted octanol–water partition coefficient (Wildman–Crippen LogP) is 3.59. The quantitative estimate of drug-likeness (QED) is 0.200. The largest absolute Gasteiger partial charge is 0.466 e. The molecule has 1 rings (SSSR count). The molecular weight excluding hydrogens is 528 g/mol. The van der Waals surface area contributed by atoms with Crippen LogP contribution in [0, 0.1) is 13.8 Å². The fraction of sp³-hybridized carbons (Fsp3) is 0.633. The molecule has 0 fully saturated rings. The van der Waals surface area contributed by atoms with Gasteiger partial charge in [-0.2, -0.15) is 0 Å². The highest BCUT2D eigenvalue weighted by molar-refractivity contribution is 5.92. The number of hydrogen-bond donors (Lipinski definition) is 3. The molecule has 1 aromatic rings. The molecule has 0 radical (unpaired) electrons. The molecule has 0 saturated carbocycles. The fourth-order valence-corrected chi connectivity index (χ4v) is 4.29. The Balaban J connectivity index is 3.52. The van der Waals surface area contributed by atoms with Gasteiger partial charge in [0.2, 0.25) is 17.7 Å². The van der Waals surface area contributed by atoms with E-state index in [-0.39, 0.29) is 39.0 Å². The van der Waals surface area contributed by atoms with Crippen LogP contribution in [0.4, 0.5) is 4.79 Å². The second-order valence-electron chi connectivity index (χ2n) is 11.1. The summed E-state index contributed by atoms with van der Waals surface area (Å²) in [6.45, 7) is 13.1. The summed E-state index contributed by atoms with van der Waals surface area (Å²) in [6, 6.07) is 3.37. The van der Waals surface area contributed by atoms with Crippen LogP contribution in [0.5, 0.6) is 0 Å². The number of nitrogens with zero attached hydrogens (tertiary/aromatic N) is 1. The summed E-state index contributed by atoms with van der Waals surface area (Å²) >= 11 is 0. The molecular formula is C30H48N4O7. The first kappa shape index (κ1) is 35.4. The molecule has 11 nitrogen and oxygen atoms in total. The monoisotopic (exact) mass is 576 g/mol. The molecule has 0 aliphatic rings. The standard InChI is InChI=1S/C30H48N4O7/c1-8-10-11-18-34(28(38)23(14-15-24(31)35)33-29(39)41-30(5,6)7)26(22-13-12-20(3)19-21(22)4)27(37)32-17-16-25(36)40-9-2/h12-13,19,23,26H,8-11,14-18H2,1-7H3,(H2,31,35)(H,32,37)(H,33,39). The van der Waals surface area contributed by atoms with Gasteiger partial charge in [-0.3, -0.25) is 19.2 Å². The minimum Gasteiger partial charge on any atom is -0.466 e. The van der Waals surface area contributed by atoms with Crippen LogP contribution >= 0.6 is 0 Å². The summed E-state index contributed by atoms with van der Waals surface area (Å²) in [5, 5.41) is 5.37. The van der Waals surface area contributed by atoms with Crippen molar-refractivity contribution in [3.05, 3.63) is 34.9 Å². The molecule has 0 bridgehead atoms. The lowest BCUT2D eigenvalue weighted by Crippen LogP contribution is -2.53. The van der Waals surface area contributed by atoms with Crippen molar-refractivity contribution in [3.63, 3.8) is 0 Å². The molecule has 4 N–H and O–H groups in total. The fourth-order valence-electron chi connectivity index (χ4n) is 4.29. The highest BCUT2D eigenvalue weighted by Crippen LogP contribution is 2.27. The Bertz CT molecular complexity index is 1050. The summed E-state index contributed by atoms with van der Waals surface area (Å²) < 4.78 is 10.3. The van der Waals surface area contributed by atoms with E-state index < -0.39 is 47.5 Å². The number of ether oxygens (including phenoxy) is 2. The van der Waals surface area contributed by atoms with Crippen molar-refractivity contribution in [2.75, 3.05) is 19.7 Å². The third-order valence-electron chi connectivity index (χ3n) is 6.17. The van der Waals surface area contributed by atoms with E-state index in [1.165, 1.54) is 4.90 Å². The van der Waals surface area contributed by atoms with Crippen LogP contribution in [0.3, 0.4) is 0 Å². The third-order valence-corrected chi connectivity index (χ3v) is 6.17. The van der Waals surface area contributed by atoms with Crippen molar-refractivity contribution < 1.29 is 33.4 Å². The second kappa shape index (κ2) is 17.2. The van der Waals surface area contributed by atoms with Crippen molar-refractivity contribution in [2.45, 2.75) is 105 Å². The highest BCUT2D eigenvalue weighted by atomic mass is 16.6. The number of alkyl carbamates (subject to hydrolysis) is 1. The van der Waals surface area contributed by atoms with E-state index in [1.807, 2.05) is 32.9 Å². The number of nitrogens with one attached hydrogen (secondary N) is 2. The molecule has 1 aromatic carbocycles. The Kier molecular flexibility index (Phi) is 14.9. The number of aryl methyl sites for hydroxylation is 2. The molecule has 230 valence electrons. The maximum Gasteiger partial charge on any atom is 0.408 e. The Morgan fingerprint density at radius 3 is 2.27 bits per heavy atom. The lowest BCUT2D eigenvalue weighted by atomic mass is 9.95. The number of nitrogens with two attached hydrogens (primary N) is 1. The second-order valence-corrected chi connectivity index (χ2v) is 11.1. The van der Waals surface area contributed by atoms with Crippen LogP contribution in [-0.2, 0) is 28.7 Å². The van der Waals surface area contributed by atoms with Crippen molar-refractivity contribution in [1.29, 1.82) is 0 Å². The van der Waals surface area contributed by atoms with E-state index in [2.05, 4.69) is 10.6 Å². The van der Waals surface area contributed by atoms with Gasteiger partial charge in [0, 0.05) is 19.5 Å². The van der Waals surface area contributed by atoms with Crippen LogP contribution < -0.4 is 16.4 Å². The number of carbonyl (C=O) groups excluding carboxylic acids is 5. The molecule has 2 unspecified atom stereocenters. The number of primary amides is 1. The zero-order valence-electron chi connectivity index (χ0n) is 25.6. The minimum atomic E-state index is -1.17. The molecule has 0 aromatic heterocycles. The van der Waals surface area contributed by atoms with E-state index >= 15 is 0 Å². The van der Waals surface area contributed by atoms with Gasteiger partial charge in [0.1, 0.15) is 17.7 Å². The molecule has 0 heterocycles. The van der Waals surface area contributed by atoms with Gasteiger partial charge in [-0.25, -0.2) is 4.79 Å². The van der Waals surface area contributed by atoms with Crippen molar-refractivity contribution in [1.82, 2.24) is 15.5 Å². The Morgan fingerprint density at radius 1 is 1.02 bits per heavy atom. The lowest BCUT2D eigenvalue weighted by molar-refractivity contribution is -0.144. The number of unbranched alkanes of at least 4 members (excludes halogenated alkanes) is 2. The molecule has 2 atom stereocenters. The number of hydrogen-bond acceptors (Lipinski definition) is 7. The van der Waals surface area contributed by atoms with E-state index in [0.717, 1.165) is 24.0 Å². The first-order chi connectivity index (χ1) is 19.2. The van der Waals surface area contributed by atoms with Crippen molar-refractivity contribution in [2.24, 2.45) is 5.73 Å². The van der Waals surface area contributed by atoms with E-state index in [9.17, 15) is 24.0 Å². The third kappa shape index (κ3) is 13.1. The normalized spacial score (nSPS) is 12.6. The van der Waals surface area contributed by atoms with Crippen LogP contribution in [0.25, 0.3) is 0 Å². The number of carbonyl (C=O) groups is 5. The number of amides is 4. The van der Waals surface area contributed by atoms with Crippen LogP contribution in [-0.4, -0.2) is 66.0 Å². The van der Waals surface area contributed by atoms with Gasteiger partial charge in [0.05, 0.1) is 13.0 Å². The zero-order chi connectivity index (χ0) is 31.2. The highest BCUT2D eigenvalue weighted by Gasteiger charge is 2.36. The first-order valence-electron chi connectivity index (χ1n) is 14.3. The van der Waals surface area contributed by atoms with Gasteiger partial charge in [0.25, 0.3) is 0 Å². The lowest BCUT2D eigenvalue weighted by Gasteiger charge is -2.35. The maximum absolute atomic E-state index is 14.2. The van der Waals surface area contributed by atoms with Gasteiger partial charge < -0.3 is 30.7 Å². The number of rotatable bonds is 16. The maximum atomic E-state index is 14.2. The first-order valence-corrected chi connectivity index (χ1v) is 14.3. The minimum absolute atomic E-state index is 0.0234. The van der Waals surface area contributed by atoms with E-state index in [4.69, 9.17) is 15.2 Å². The van der Waals surface area contributed by atoms with Crippen molar-refractivity contribution in [3.8, 4) is 0 Å². The van der Waals surface area contributed by atoms with Gasteiger partial charge >= 0.3 is 12.1 Å². The van der Waals surface area contributed by atoms with Crippen LogP contribution in [0.1, 0.15) is 95.9 Å². The predicted molar refractivity (Wildman–Crippen MR) is 156 cm³/mol. The average molecular weight is 577 g/mol. The van der Waals surface area contributed by atoms with Gasteiger partial charge in [0.15, 0.2) is 0 Å². The summed E-state index contributed by atoms with van der Waals surface area (Å²) in [4.78, 5) is 65.5. The zero-order valence-corrected chi connectivity index (χ0v) is 25.6. The van der Waals surface area contributed by atoms with Gasteiger partial charge in [-0.1, -0.05) is 43.5 Å². The van der Waals surface area contributed by atoms with Crippen LogP contribution in [0.15, 0.2) is 18.2 Å². The number of benzene rings is 1. The summed E-state index contributed by atoms with van der Waals surface area (Å²) in [6.07, 6.45) is 1.22. The molecule has 0 aliphatic heterocycles. The van der Waals surface area contributed by atoms with E-state index in [0.29, 0.717) is 12.0 Å². The summed E-state index contributed by atoms with van der Waals surface area (Å²) in [5.41, 5.74) is 6.96. The van der Waals surface area contributed by atoms with Crippen molar-refractivity contribution >= 4 is 29.8 Å². The molecule has 11 heteroatoms. The molecule has 4 amide bonds. The Labute approximate surface area is 243 Å². The topological polar surface area (TPSA) is 157 Å². The molecule has 0 aliphatic carbocycles. The SMILES string of the molecule is CCCCCN(C(=O)C(CCC(N)=O)NC(=O)OC(C)(C)C)C(C(=O)NCCC(=O)OCC)c1ccc(C)cc1C. The number of esters is 1. The van der Waals surface area contributed by atoms with Gasteiger partial charge in [-0.05, 0) is 65.5 Å².